The summed E-state index contributed by atoms with van der Waals surface area (Å²) in [7, 11) is 1.72. The Morgan fingerprint density at radius 3 is 2.62 bits per heavy atom. The van der Waals surface area contributed by atoms with Gasteiger partial charge in [0, 0.05) is 23.8 Å². The minimum atomic E-state index is 0.481. The fourth-order valence-electron chi connectivity index (χ4n) is 2.27. The first kappa shape index (κ1) is 15.6. The number of ether oxygens (including phenoxy) is 1. The number of aromatic nitrogens is 2. The second kappa shape index (κ2) is 6.76. The predicted molar refractivity (Wildman–Crippen MR) is 85.8 cm³/mol. The standard InChI is InChI=1S/C17H25N3O/c1-12(2)18-9-15-6-7-17(21-5)16(8-15)10-20-11-19-13(3)14(20)4/h6-8,11-12,18H,9-10H2,1-5H3. The zero-order chi connectivity index (χ0) is 15.4. The molecule has 0 spiro atoms. The van der Waals surface area contributed by atoms with Gasteiger partial charge in [-0.1, -0.05) is 19.9 Å². The highest BCUT2D eigenvalue weighted by atomic mass is 16.5. The Morgan fingerprint density at radius 2 is 2.05 bits per heavy atom. The van der Waals surface area contributed by atoms with Crippen LogP contribution in [-0.4, -0.2) is 22.7 Å². The van der Waals surface area contributed by atoms with Crippen LogP contribution in [0, 0.1) is 13.8 Å². The number of hydrogen-bond donors (Lipinski definition) is 1. The van der Waals surface area contributed by atoms with E-state index in [1.165, 1.54) is 16.8 Å². The molecule has 0 amide bonds. The Morgan fingerprint density at radius 1 is 1.29 bits per heavy atom. The lowest BCUT2D eigenvalue weighted by atomic mass is 10.1. The zero-order valence-electron chi connectivity index (χ0n) is 13.6. The predicted octanol–water partition coefficient (Wildman–Crippen LogP) is 3.05. The number of hydrogen-bond acceptors (Lipinski definition) is 3. The monoisotopic (exact) mass is 287 g/mol. The van der Waals surface area contributed by atoms with E-state index in [9.17, 15) is 0 Å². The third kappa shape index (κ3) is 3.85. The topological polar surface area (TPSA) is 39.1 Å². The molecule has 4 nitrogen and oxygen atoms in total. The van der Waals surface area contributed by atoms with Gasteiger partial charge in [-0.05, 0) is 31.5 Å². The molecule has 0 radical (unpaired) electrons. The van der Waals surface area contributed by atoms with E-state index in [-0.39, 0.29) is 0 Å². The van der Waals surface area contributed by atoms with Crippen LogP contribution >= 0.6 is 0 Å². The second-order valence-corrected chi connectivity index (χ2v) is 5.73. The third-order valence-electron chi connectivity index (χ3n) is 3.75. The van der Waals surface area contributed by atoms with Crippen molar-refractivity contribution in [3.05, 3.63) is 47.0 Å². The Kier molecular flexibility index (Phi) is 5.02. The van der Waals surface area contributed by atoms with E-state index < -0.39 is 0 Å². The number of rotatable bonds is 6. The third-order valence-corrected chi connectivity index (χ3v) is 3.75. The Hall–Kier alpha value is -1.81. The summed E-state index contributed by atoms with van der Waals surface area (Å²) in [6, 6.07) is 6.85. The lowest BCUT2D eigenvalue weighted by Crippen LogP contribution is -2.21. The van der Waals surface area contributed by atoms with Crippen molar-refractivity contribution in [2.75, 3.05) is 7.11 Å². The zero-order valence-corrected chi connectivity index (χ0v) is 13.6. The van der Waals surface area contributed by atoms with Crippen LogP contribution in [0.4, 0.5) is 0 Å². The summed E-state index contributed by atoms with van der Waals surface area (Å²) in [5.74, 6) is 0.925. The number of aryl methyl sites for hydroxylation is 1. The van der Waals surface area contributed by atoms with Gasteiger partial charge in [-0.15, -0.1) is 0 Å². The van der Waals surface area contributed by atoms with E-state index in [4.69, 9.17) is 4.74 Å². The van der Waals surface area contributed by atoms with E-state index in [1.54, 1.807) is 7.11 Å². The van der Waals surface area contributed by atoms with Gasteiger partial charge in [-0.3, -0.25) is 0 Å². The van der Waals surface area contributed by atoms with Crippen molar-refractivity contribution in [3.63, 3.8) is 0 Å². The summed E-state index contributed by atoms with van der Waals surface area (Å²) >= 11 is 0. The van der Waals surface area contributed by atoms with Gasteiger partial charge >= 0.3 is 0 Å². The molecule has 114 valence electrons. The first-order valence-corrected chi connectivity index (χ1v) is 7.38. The maximum absolute atomic E-state index is 5.49. The molecule has 2 rings (SSSR count). The molecule has 1 N–H and O–H groups in total. The molecule has 4 heteroatoms. The van der Waals surface area contributed by atoms with Crippen molar-refractivity contribution in [3.8, 4) is 5.75 Å². The van der Waals surface area contributed by atoms with Crippen molar-refractivity contribution in [2.45, 2.75) is 46.8 Å². The largest absolute Gasteiger partial charge is 0.496 e. The number of imidazole rings is 1. The van der Waals surface area contributed by atoms with Crippen molar-refractivity contribution in [2.24, 2.45) is 0 Å². The average molecular weight is 287 g/mol. The number of nitrogens with zero attached hydrogens (tertiary/aromatic N) is 2. The summed E-state index contributed by atoms with van der Waals surface area (Å²) in [6.45, 7) is 10.1. The molecule has 2 aromatic rings. The van der Waals surface area contributed by atoms with Crippen LogP contribution in [0.1, 0.15) is 36.4 Å². The van der Waals surface area contributed by atoms with E-state index in [2.05, 4.69) is 47.8 Å². The second-order valence-electron chi connectivity index (χ2n) is 5.73. The summed E-state index contributed by atoms with van der Waals surface area (Å²) in [4.78, 5) is 4.36. The lowest BCUT2D eigenvalue weighted by molar-refractivity contribution is 0.408. The minimum Gasteiger partial charge on any atom is -0.496 e. The van der Waals surface area contributed by atoms with Gasteiger partial charge in [0.15, 0.2) is 0 Å². The molecule has 1 aromatic carbocycles. The van der Waals surface area contributed by atoms with Crippen LogP contribution in [0.5, 0.6) is 5.75 Å². The quantitative estimate of drug-likeness (QED) is 0.887. The molecule has 0 aliphatic heterocycles. The molecule has 0 aliphatic carbocycles. The highest BCUT2D eigenvalue weighted by Crippen LogP contribution is 2.22. The van der Waals surface area contributed by atoms with Crippen LogP contribution in [0.3, 0.4) is 0 Å². The van der Waals surface area contributed by atoms with E-state index in [1.807, 2.05) is 19.3 Å². The maximum atomic E-state index is 5.49. The molecule has 0 atom stereocenters. The Balaban J connectivity index is 2.23. The molecule has 0 bridgehead atoms. The molecule has 1 aromatic heterocycles. The van der Waals surface area contributed by atoms with Gasteiger partial charge in [0.25, 0.3) is 0 Å². The van der Waals surface area contributed by atoms with E-state index >= 15 is 0 Å². The van der Waals surface area contributed by atoms with Crippen LogP contribution in [0.25, 0.3) is 0 Å². The highest BCUT2D eigenvalue weighted by Gasteiger charge is 2.08. The van der Waals surface area contributed by atoms with Crippen LogP contribution < -0.4 is 10.1 Å². The lowest BCUT2D eigenvalue weighted by Gasteiger charge is -2.14. The molecular formula is C17H25N3O. The van der Waals surface area contributed by atoms with Gasteiger partial charge in [-0.2, -0.15) is 0 Å². The highest BCUT2D eigenvalue weighted by molar-refractivity contribution is 5.38. The number of methoxy groups -OCH3 is 1. The summed E-state index contributed by atoms with van der Waals surface area (Å²) in [5, 5.41) is 3.45. The van der Waals surface area contributed by atoms with Gasteiger partial charge < -0.3 is 14.6 Å². The van der Waals surface area contributed by atoms with E-state index in [0.717, 1.165) is 24.5 Å². The fraction of sp³-hybridized carbons (Fsp3) is 0.471. The van der Waals surface area contributed by atoms with Crippen LogP contribution in [0.15, 0.2) is 24.5 Å². The minimum absolute atomic E-state index is 0.481. The Bertz CT molecular complexity index is 602. The molecular weight excluding hydrogens is 262 g/mol. The summed E-state index contributed by atoms with van der Waals surface area (Å²) in [5.41, 5.74) is 4.73. The normalized spacial score (nSPS) is 11.1. The smallest absolute Gasteiger partial charge is 0.123 e. The van der Waals surface area contributed by atoms with Crippen molar-refractivity contribution in [1.29, 1.82) is 0 Å². The molecule has 0 saturated carbocycles. The number of nitrogens with one attached hydrogen (secondary N) is 1. The SMILES string of the molecule is COc1ccc(CNC(C)C)cc1Cn1cnc(C)c1C. The molecule has 0 aliphatic rings. The Labute approximate surface area is 127 Å². The van der Waals surface area contributed by atoms with Gasteiger partial charge in [0.05, 0.1) is 25.7 Å². The summed E-state index contributed by atoms with van der Waals surface area (Å²) in [6.07, 6.45) is 1.89. The molecule has 0 saturated heterocycles. The molecule has 1 heterocycles. The average Bonchev–Trinajstić information content (AvgIpc) is 2.77. The van der Waals surface area contributed by atoms with Crippen molar-refractivity contribution < 1.29 is 4.74 Å². The maximum Gasteiger partial charge on any atom is 0.123 e. The van der Waals surface area contributed by atoms with Crippen molar-refractivity contribution >= 4 is 0 Å². The van der Waals surface area contributed by atoms with Gasteiger partial charge in [0.2, 0.25) is 0 Å². The summed E-state index contributed by atoms with van der Waals surface area (Å²) < 4.78 is 7.65. The first-order chi connectivity index (χ1) is 10.0. The van der Waals surface area contributed by atoms with Crippen molar-refractivity contribution in [1.82, 2.24) is 14.9 Å². The van der Waals surface area contributed by atoms with Crippen LogP contribution in [-0.2, 0) is 13.1 Å². The van der Waals surface area contributed by atoms with Gasteiger partial charge in [0.1, 0.15) is 5.75 Å². The fourth-order valence-corrected chi connectivity index (χ4v) is 2.27. The molecule has 0 fully saturated rings. The number of benzene rings is 1. The van der Waals surface area contributed by atoms with E-state index in [0.29, 0.717) is 6.04 Å². The first-order valence-electron chi connectivity index (χ1n) is 7.38. The van der Waals surface area contributed by atoms with Gasteiger partial charge in [-0.25, -0.2) is 4.98 Å². The molecule has 0 unspecified atom stereocenters. The molecule has 21 heavy (non-hydrogen) atoms. The van der Waals surface area contributed by atoms with Crippen LogP contribution in [0.2, 0.25) is 0 Å².